The minimum Gasteiger partial charge on any atom is -0.367 e. The maximum atomic E-state index is 11.6. The van der Waals surface area contributed by atoms with Crippen LogP contribution in [0.5, 0.6) is 0 Å². The fourth-order valence-electron chi connectivity index (χ4n) is 1.24. The summed E-state index contributed by atoms with van der Waals surface area (Å²) in [6, 6.07) is 1.34. The molecule has 1 aromatic rings. The van der Waals surface area contributed by atoms with Gasteiger partial charge < -0.3 is 10.3 Å². The Balaban J connectivity index is 2.48. The van der Waals surface area contributed by atoms with Crippen molar-refractivity contribution < 1.29 is 4.79 Å². The van der Waals surface area contributed by atoms with Crippen LogP contribution in [0.15, 0.2) is 23.3 Å². The topological polar surface area (TPSA) is 62.0 Å². The Morgan fingerprint density at radius 3 is 3.00 bits per heavy atom. The molecule has 1 atom stereocenters. The number of aromatic nitrogens is 1. The zero-order valence-electron chi connectivity index (χ0n) is 9.13. The second-order valence-corrected chi connectivity index (χ2v) is 4.77. The minimum absolute atomic E-state index is 0.158. The van der Waals surface area contributed by atoms with Crippen molar-refractivity contribution in [1.29, 1.82) is 0 Å². The summed E-state index contributed by atoms with van der Waals surface area (Å²) >= 11 is 3.48. The number of hydrogen-bond donors (Lipinski definition) is 2. The lowest BCUT2D eigenvalue weighted by Crippen LogP contribution is -2.30. The molecule has 4 nitrogen and oxygen atoms in total. The number of aromatic amines is 1. The molecule has 1 heterocycles. The van der Waals surface area contributed by atoms with Crippen molar-refractivity contribution in [3.8, 4) is 0 Å². The maximum Gasteiger partial charge on any atom is 0.256 e. The van der Waals surface area contributed by atoms with E-state index < -0.39 is 0 Å². The lowest BCUT2D eigenvalue weighted by atomic mass is 10.2. The van der Waals surface area contributed by atoms with Gasteiger partial charge in [-0.25, -0.2) is 0 Å². The molecule has 0 bridgehead atoms. The summed E-state index contributed by atoms with van der Waals surface area (Å²) < 4.78 is 0. The van der Waals surface area contributed by atoms with Gasteiger partial charge in [0.15, 0.2) is 5.43 Å². The van der Waals surface area contributed by atoms with Crippen LogP contribution < -0.4 is 10.7 Å². The Labute approximate surface area is 103 Å². The van der Waals surface area contributed by atoms with E-state index in [4.69, 9.17) is 0 Å². The van der Waals surface area contributed by atoms with Gasteiger partial charge in [0, 0.05) is 29.8 Å². The smallest absolute Gasteiger partial charge is 0.256 e. The molecule has 0 aromatic carbocycles. The van der Waals surface area contributed by atoms with Crippen LogP contribution in [0.1, 0.15) is 30.1 Å². The van der Waals surface area contributed by atoms with Gasteiger partial charge in [-0.05, 0) is 12.8 Å². The molecule has 0 saturated carbocycles. The predicted octanol–water partition coefficient (Wildman–Crippen LogP) is 1.67. The van der Waals surface area contributed by atoms with Gasteiger partial charge >= 0.3 is 0 Å². The van der Waals surface area contributed by atoms with Gasteiger partial charge in [-0.3, -0.25) is 9.59 Å². The third-order valence-corrected chi connectivity index (χ3v) is 3.36. The van der Waals surface area contributed by atoms with Crippen molar-refractivity contribution in [2.75, 3.05) is 6.54 Å². The van der Waals surface area contributed by atoms with Gasteiger partial charge in [-0.15, -0.1) is 0 Å². The molecule has 16 heavy (non-hydrogen) atoms. The van der Waals surface area contributed by atoms with E-state index in [0.29, 0.717) is 11.4 Å². The van der Waals surface area contributed by atoms with E-state index in [0.717, 1.165) is 12.8 Å². The molecule has 1 amide bonds. The monoisotopic (exact) mass is 286 g/mol. The highest BCUT2D eigenvalue weighted by Crippen LogP contribution is 2.07. The van der Waals surface area contributed by atoms with Gasteiger partial charge in [0.2, 0.25) is 0 Å². The van der Waals surface area contributed by atoms with Crippen molar-refractivity contribution in [1.82, 2.24) is 10.3 Å². The molecule has 0 spiro atoms. The summed E-state index contributed by atoms with van der Waals surface area (Å²) in [7, 11) is 0. The summed E-state index contributed by atoms with van der Waals surface area (Å²) in [4.78, 5) is 26.0. The summed E-state index contributed by atoms with van der Waals surface area (Å²) in [6.07, 6.45) is 4.79. The van der Waals surface area contributed by atoms with E-state index in [-0.39, 0.29) is 16.9 Å². The Bertz CT molecular complexity index is 403. The van der Waals surface area contributed by atoms with Crippen LogP contribution in [0.25, 0.3) is 0 Å². The highest BCUT2D eigenvalue weighted by molar-refractivity contribution is 9.09. The second-order valence-electron chi connectivity index (χ2n) is 3.47. The normalized spacial score (nSPS) is 12.1. The molecular formula is C11H15BrN2O2. The first-order valence-corrected chi connectivity index (χ1v) is 6.16. The summed E-state index contributed by atoms with van der Waals surface area (Å²) in [5.74, 6) is -0.322. The van der Waals surface area contributed by atoms with Crippen LogP contribution in [0.2, 0.25) is 0 Å². The summed E-state index contributed by atoms with van der Waals surface area (Å²) in [6.45, 7) is 2.64. The molecule has 1 unspecified atom stereocenters. The summed E-state index contributed by atoms with van der Waals surface area (Å²) in [5.41, 5.74) is -0.104. The average molecular weight is 287 g/mol. The fourth-order valence-corrected chi connectivity index (χ4v) is 1.46. The van der Waals surface area contributed by atoms with E-state index in [1.54, 1.807) is 0 Å². The molecule has 0 aliphatic carbocycles. The Kier molecular flexibility index (Phi) is 5.25. The zero-order chi connectivity index (χ0) is 12.0. The number of amides is 1. The maximum absolute atomic E-state index is 11.6. The van der Waals surface area contributed by atoms with Gasteiger partial charge in [0.1, 0.15) is 5.56 Å². The SMILES string of the molecule is CCC(Br)CCNC(=O)c1c[nH]ccc1=O. The molecule has 0 saturated heterocycles. The number of carbonyl (C=O) groups is 1. The van der Waals surface area contributed by atoms with Crippen molar-refractivity contribution in [3.63, 3.8) is 0 Å². The van der Waals surface area contributed by atoms with E-state index >= 15 is 0 Å². The van der Waals surface area contributed by atoms with Gasteiger partial charge in [0.25, 0.3) is 5.91 Å². The number of nitrogens with one attached hydrogen (secondary N) is 2. The van der Waals surface area contributed by atoms with E-state index in [9.17, 15) is 9.59 Å². The molecule has 1 rings (SSSR count). The van der Waals surface area contributed by atoms with Gasteiger partial charge in [-0.1, -0.05) is 22.9 Å². The van der Waals surface area contributed by atoms with Crippen molar-refractivity contribution >= 4 is 21.8 Å². The van der Waals surface area contributed by atoms with Crippen molar-refractivity contribution in [2.24, 2.45) is 0 Å². The number of halogens is 1. The first-order chi connectivity index (χ1) is 7.65. The molecule has 2 N–H and O–H groups in total. The number of carbonyl (C=O) groups excluding carboxylic acids is 1. The largest absolute Gasteiger partial charge is 0.367 e. The molecule has 0 aliphatic heterocycles. The quantitative estimate of drug-likeness (QED) is 0.809. The molecular weight excluding hydrogens is 272 g/mol. The zero-order valence-corrected chi connectivity index (χ0v) is 10.7. The first kappa shape index (κ1) is 13.0. The van der Waals surface area contributed by atoms with E-state index in [1.807, 2.05) is 0 Å². The Morgan fingerprint density at radius 2 is 2.38 bits per heavy atom. The first-order valence-electron chi connectivity index (χ1n) is 5.24. The predicted molar refractivity (Wildman–Crippen MR) is 67.0 cm³/mol. The van der Waals surface area contributed by atoms with E-state index in [2.05, 4.69) is 33.2 Å². The number of rotatable bonds is 5. The number of hydrogen-bond acceptors (Lipinski definition) is 2. The van der Waals surface area contributed by atoms with Crippen LogP contribution in [0, 0.1) is 0 Å². The molecule has 1 aromatic heterocycles. The molecule has 0 fully saturated rings. The van der Waals surface area contributed by atoms with Crippen LogP contribution in [-0.4, -0.2) is 22.3 Å². The molecule has 88 valence electrons. The van der Waals surface area contributed by atoms with Gasteiger partial charge in [-0.2, -0.15) is 0 Å². The third kappa shape index (κ3) is 3.81. The lowest BCUT2D eigenvalue weighted by molar-refractivity contribution is 0.0952. The van der Waals surface area contributed by atoms with Crippen LogP contribution in [-0.2, 0) is 0 Å². The standard InChI is InChI=1S/C11H15BrN2O2/c1-2-8(12)3-6-14-11(16)9-7-13-5-4-10(9)15/h4-5,7-8H,2-3,6H2,1H3,(H,13,15)(H,14,16). The van der Waals surface area contributed by atoms with Crippen molar-refractivity contribution in [2.45, 2.75) is 24.6 Å². The van der Waals surface area contributed by atoms with Crippen LogP contribution in [0.4, 0.5) is 0 Å². The molecule has 0 aliphatic rings. The van der Waals surface area contributed by atoms with E-state index in [1.165, 1.54) is 18.5 Å². The number of pyridine rings is 1. The average Bonchev–Trinajstić information content (AvgIpc) is 2.29. The summed E-state index contributed by atoms with van der Waals surface area (Å²) in [5, 5.41) is 2.72. The lowest BCUT2D eigenvalue weighted by Gasteiger charge is -2.07. The molecule has 0 radical (unpaired) electrons. The highest BCUT2D eigenvalue weighted by Gasteiger charge is 2.09. The van der Waals surface area contributed by atoms with Crippen LogP contribution >= 0.6 is 15.9 Å². The third-order valence-electron chi connectivity index (χ3n) is 2.25. The minimum atomic E-state index is -0.322. The van der Waals surface area contributed by atoms with Gasteiger partial charge in [0.05, 0.1) is 0 Å². The number of alkyl halides is 1. The fraction of sp³-hybridized carbons (Fsp3) is 0.455. The Hall–Kier alpha value is -1.10. The van der Waals surface area contributed by atoms with Crippen LogP contribution in [0.3, 0.4) is 0 Å². The second kappa shape index (κ2) is 6.48. The van der Waals surface area contributed by atoms with Crippen molar-refractivity contribution in [3.05, 3.63) is 34.2 Å². The number of H-pyrrole nitrogens is 1. The molecule has 5 heteroatoms. The Morgan fingerprint density at radius 1 is 1.62 bits per heavy atom. The highest BCUT2D eigenvalue weighted by atomic mass is 79.9.